The quantitative estimate of drug-likeness (QED) is 0.891. The number of aliphatic hydroxyl groups excluding tert-OH is 1. The summed E-state index contributed by atoms with van der Waals surface area (Å²) in [5.41, 5.74) is 4.09. The summed E-state index contributed by atoms with van der Waals surface area (Å²) < 4.78 is 0. The van der Waals surface area contributed by atoms with Crippen molar-refractivity contribution in [1.82, 2.24) is 0 Å². The molecule has 0 bridgehead atoms. The van der Waals surface area contributed by atoms with Crippen LogP contribution in [-0.2, 0) is 11.2 Å². The van der Waals surface area contributed by atoms with Gasteiger partial charge in [0.15, 0.2) is 0 Å². The largest absolute Gasteiger partial charge is 0.384 e. The van der Waals surface area contributed by atoms with Crippen LogP contribution in [0.5, 0.6) is 0 Å². The SMILES string of the molecule is Cc1cccc(C(O)c2ccc3c(c2)CC(=O)N3)c1Cl. The summed E-state index contributed by atoms with van der Waals surface area (Å²) in [6.07, 6.45) is -0.430. The van der Waals surface area contributed by atoms with Crippen molar-refractivity contribution >= 4 is 23.2 Å². The Balaban J connectivity index is 1.99. The van der Waals surface area contributed by atoms with E-state index in [4.69, 9.17) is 11.6 Å². The van der Waals surface area contributed by atoms with Gasteiger partial charge in [0.05, 0.1) is 6.42 Å². The second-order valence-electron chi connectivity index (χ2n) is 5.02. The third kappa shape index (κ3) is 2.19. The molecule has 102 valence electrons. The molecule has 1 heterocycles. The van der Waals surface area contributed by atoms with Crippen molar-refractivity contribution in [3.63, 3.8) is 0 Å². The summed E-state index contributed by atoms with van der Waals surface area (Å²) in [5, 5.41) is 13.9. The highest BCUT2D eigenvalue weighted by Crippen LogP contribution is 2.33. The molecule has 3 nitrogen and oxygen atoms in total. The maximum Gasteiger partial charge on any atom is 0.228 e. The van der Waals surface area contributed by atoms with E-state index in [0.717, 1.165) is 22.4 Å². The second-order valence-corrected chi connectivity index (χ2v) is 5.40. The molecular weight excluding hydrogens is 274 g/mol. The summed E-state index contributed by atoms with van der Waals surface area (Å²) in [6, 6.07) is 11.1. The van der Waals surface area contributed by atoms with Gasteiger partial charge in [-0.05, 0) is 29.7 Å². The average Bonchev–Trinajstić information content (AvgIpc) is 2.80. The normalized spacial score (nSPS) is 14.8. The molecule has 1 aliphatic rings. The third-order valence-electron chi connectivity index (χ3n) is 3.59. The van der Waals surface area contributed by atoms with E-state index in [-0.39, 0.29) is 5.91 Å². The van der Waals surface area contributed by atoms with Gasteiger partial charge in [0.2, 0.25) is 5.91 Å². The lowest BCUT2D eigenvalue weighted by Gasteiger charge is -2.15. The summed E-state index contributed by atoms with van der Waals surface area (Å²) in [5.74, 6) is -0.0137. The van der Waals surface area contributed by atoms with Crippen LogP contribution in [0, 0.1) is 6.92 Å². The molecule has 0 aliphatic carbocycles. The molecule has 20 heavy (non-hydrogen) atoms. The Morgan fingerprint density at radius 3 is 2.90 bits per heavy atom. The van der Waals surface area contributed by atoms with Crippen LogP contribution in [0.1, 0.15) is 28.4 Å². The second kappa shape index (κ2) is 4.93. The first kappa shape index (κ1) is 13.2. The van der Waals surface area contributed by atoms with Gasteiger partial charge in [0.1, 0.15) is 6.10 Å². The molecule has 1 amide bonds. The molecule has 4 heteroatoms. The molecule has 0 spiro atoms. The Morgan fingerprint density at radius 1 is 1.30 bits per heavy atom. The minimum absolute atomic E-state index is 0.0137. The monoisotopic (exact) mass is 287 g/mol. The first-order valence-corrected chi connectivity index (χ1v) is 6.80. The van der Waals surface area contributed by atoms with Crippen LogP contribution >= 0.6 is 11.6 Å². The fraction of sp³-hybridized carbons (Fsp3) is 0.188. The number of aliphatic hydroxyl groups is 1. The van der Waals surface area contributed by atoms with Crippen LogP contribution in [0.3, 0.4) is 0 Å². The highest BCUT2D eigenvalue weighted by atomic mass is 35.5. The lowest BCUT2D eigenvalue weighted by atomic mass is 9.97. The number of nitrogens with one attached hydrogen (secondary N) is 1. The smallest absolute Gasteiger partial charge is 0.228 e. The van der Waals surface area contributed by atoms with E-state index in [1.807, 2.05) is 43.3 Å². The Bertz CT molecular complexity index is 697. The molecule has 2 aromatic rings. The summed E-state index contributed by atoms with van der Waals surface area (Å²) in [7, 11) is 0. The van der Waals surface area contributed by atoms with Crippen molar-refractivity contribution < 1.29 is 9.90 Å². The number of rotatable bonds is 2. The zero-order valence-electron chi connectivity index (χ0n) is 11.0. The van der Waals surface area contributed by atoms with E-state index < -0.39 is 6.10 Å². The number of amides is 1. The van der Waals surface area contributed by atoms with Crippen LogP contribution in [0.2, 0.25) is 5.02 Å². The van der Waals surface area contributed by atoms with Gasteiger partial charge in [-0.15, -0.1) is 0 Å². The molecule has 1 atom stereocenters. The Hall–Kier alpha value is -1.84. The Labute approximate surface area is 122 Å². The number of carbonyl (C=O) groups excluding carboxylic acids is 1. The molecule has 0 aromatic heterocycles. The van der Waals surface area contributed by atoms with Gasteiger partial charge in [-0.2, -0.15) is 0 Å². The molecule has 0 saturated carbocycles. The number of anilines is 1. The van der Waals surface area contributed by atoms with Crippen LogP contribution in [0.4, 0.5) is 5.69 Å². The molecule has 3 rings (SSSR count). The Morgan fingerprint density at radius 2 is 2.10 bits per heavy atom. The highest BCUT2D eigenvalue weighted by Gasteiger charge is 2.21. The Kier molecular flexibility index (Phi) is 3.24. The predicted octanol–water partition coefficient (Wildman–Crippen LogP) is 3.22. The number of hydrogen-bond donors (Lipinski definition) is 2. The third-order valence-corrected chi connectivity index (χ3v) is 4.10. The van der Waals surface area contributed by atoms with Crippen molar-refractivity contribution in [1.29, 1.82) is 0 Å². The molecule has 0 saturated heterocycles. The van der Waals surface area contributed by atoms with E-state index in [2.05, 4.69) is 5.32 Å². The number of halogens is 1. The van der Waals surface area contributed by atoms with Gasteiger partial charge in [0.25, 0.3) is 0 Å². The lowest BCUT2D eigenvalue weighted by Crippen LogP contribution is -2.03. The van der Waals surface area contributed by atoms with Gasteiger partial charge in [0, 0.05) is 16.3 Å². The van der Waals surface area contributed by atoms with Crippen molar-refractivity contribution in [2.75, 3.05) is 5.32 Å². The lowest BCUT2D eigenvalue weighted by molar-refractivity contribution is -0.115. The minimum Gasteiger partial charge on any atom is -0.384 e. The standard InChI is InChI=1S/C16H14ClNO2/c1-9-3-2-4-12(15(9)17)16(20)10-5-6-13-11(7-10)8-14(19)18-13/h2-7,16,20H,8H2,1H3,(H,18,19). The number of hydrogen-bond acceptors (Lipinski definition) is 2. The van der Waals surface area contributed by atoms with Crippen molar-refractivity contribution in [3.8, 4) is 0 Å². The van der Waals surface area contributed by atoms with Crippen molar-refractivity contribution in [3.05, 3.63) is 63.7 Å². The maximum atomic E-state index is 11.4. The van der Waals surface area contributed by atoms with Gasteiger partial charge >= 0.3 is 0 Å². The van der Waals surface area contributed by atoms with Gasteiger partial charge in [-0.25, -0.2) is 0 Å². The van der Waals surface area contributed by atoms with Gasteiger partial charge in [-0.1, -0.05) is 41.9 Å². The topological polar surface area (TPSA) is 49.3 Å². The molecule has 2 N–H and O–H groups in total. The van der Waals surface area contributed by atoms with Crippen LogP contribution in [0.15, 0.2) is 36.4 Å². The van der Waals surface area contributed by atoms with E-state index >= 15 is 0 Å². The first-order valence-electron chi connectivity index (χ1n) is 6.42. The summed E-state index contributed by atoms with van der Waals surface area (Å²) in [6.45, 7) is 1.91. The van der Waals surface area contributed by atoms with Gasteiger partial charge in [-0.3, -0.25) is 4.79 Å². The predicted molar refractivity (Wildman–Crippen MR) is 79.0 cm³/mol. The van der Waals surface area contributed by atoms with E-state index in [1.165, 1.54) is 0 Å². The fourth-order valence-electron chi connectivity index (χ4n) is 2.48. The maximum absolute atomic E-state index is 11.4. The average molecular weight is 288 g/mol. The van der Waals surface area contributed by atoms with Crippen LogP contribution < -0.4 is 5.32 Å². The van der Waals surface area contributed by atoms with Gasteiger partial charge < -0.3 is 10.4 Å². The number of carbonyl (C=O) groups is 1. The molecule has 1 aliphatic heterocycles. The van der Waals surface area contributed by atoms with Crippen LogP contribution in [-0.4, -0.2) is 11.0 Å². The van der Waals surface area contributed by atoms with E-state index in [0.29, 0.717) is 17.0 Å². The summed E-state index contributed by atoms with van der Waals surface area (Å²) in [4.78, 5) is 11.4. The zero-order valence-corrected chi connectivity index (χ0v) is 11.7. The molecule has 2 aromatic carbocycles. The van der Waals surface area contributed by atoms with E-state index in [9.17, 15) is 9.90 Å². The zero-order chi connectivity index (χ0) is 14.3. The molecule has 0 fully saturated rings. The highest BCUT2D eigenvalue weighted by molar-refractivity contribution is 6.32. The summed E-state index contributed by atoms with van der Waals surface area (Å²) >= 11 is 6.25. The van der Waals surface area contributed by atoms with Crippen molar-refractivity contribution in [2.45, 2.75) is 19.4 Å². The van der Waals surface area contributed by atoms with E-state index in [1.54, 1.807) is 0 Å². The molecular formula is C16H14ClNO2. The minimum atomic E-state index is -0.789. The number of fused-ring (bicyclic) bond motifs is 1. The van der Waals surface area contributed by atoms with Crippen LogP contribution in [0.25, 0.3) is 0 Å². The molecule has 0 radical (unpaired) electrons. The van der Waals surface area contributed by atoms with Crippen molar-refractivity contribution in [2.24, 2.45) is 0 Å². The number of benzene rings is 2. The fourth-order valence-corrected chi connectivity index (χ4v) is 2.71. The first-order chi connectivity index (χ1) is 9.56. The number of aryl methyl sites for hydroxylation is 1. The molecule has 1 unspecified atom stereocenters.